The molecule has 0 unspecified atom stereocenters. The number of halogens is 2. The molecule has 0 bridgehead atoms. The lowest BCUT2D eigenvalue weighted by Crippen LogP contribution is -1.86. The van der Waals surface area contributed by atoms with Gasteiger partial charge in [-0.2, -0.15) is 0 Å². The van der Waals surface area contributed by atoms with Crippen molar-refractivity contribution in [2.24, 2.45) is 0 Å². The van der Waals surface area contributed by atoms with Gasteiger partial charge >= 0.3 is 0 Å². The van der Waals surface area contributed by atoms with E-state index in [2.05, 4.69) is 4.67 Å². The smallest absolute Gasteiger partial charge is 0.276 e. The van der Waals surface area contributed by atoms with Gasteiger partial charge in [0, 0.05) is 0 Å². The topological polar surface area (TPSA) is 18.5 Å². The minimum absolute atomic E-state index is 0.585. The Morgan fingerprint density at radius 1 is 1.09 bits per heavy atom. The van der Waals surface area contributed by atoms with E-state index in [0.717, 1.165) is 0 Å². The van der Waals surface area contributed by atoms with Gasteiger partial charge < -0.3 is 4.89 Å². The normalized spacial score (nSPS) is 10.1. The molecule has 5 heteroatoms. The second kappa shape index (κ2) is 4.78. The molecule has 1 aromatic rings. The summed E-state index contributed by atoms with van der Waals surface area (Å²) in [7, 11) is 0. The summed E-state index contributed by atoms with van der Waals surface area (Å²) in [6, 6.07) is 9.00. The van der Waals surface area contributed by atoms with Crippen molar-refractivity contribution in [1.82, 2.24) is 0 Å². The van der Waals surface area contributed by atoms with Gasteiger partial charge in [0.05, 0.1) is 0 Å². The van der Waals surface area contributed by atoms with Gasteiger partial charge in [0.25, 0.3) is 6.85 Å². The van der Waals surface area contributed by atoms with E-state index < -0.39 is 6.85 Å². The number of rotatable bonds is 3. The zero-order valence-electron chi connectivity index (χ0n) is 5.41. The number of benzene rings is 1. The minimum Gasteiger partial charge on any atom is -0.332 e. The summed E-state index contributed by atoms with van der Waals surface area (Å²) >= 11 is 10.6. The van der Waals surface area contributed by atoms with Crippen molar-refractivity contribution < 1.29 is 9.56 Å². The first-order valence-electron chi connectivity index (χ1n) is 2.80. The van der Waals surface area contributed by atoms with E-state index in [1.54, 1.807) is 12.1 Å². The second-order valence-electron chi connectivity index (χ2n) is 1.67. The molecule has 2 nitrogen and oxygen atoms in total. The van der Waals surface area contributed by atoms with Crippen molar-refractivity contribution in [3.63, 3.8) is 0 Å². The van der Waals surface area contributed by atoms with Gasteiger partial charge in [0.2, 0.25) is 0 Å². The SMILES string of the molecule is ClP(Cl)OOc1ccccc1. The molecule has 0 aliphatic heterocycles. The highest BCUT2D eigenvalue weighted by Gasteiger charge is 2.00. The lowest BCUT2D eigenvalue weighted by atomic mass is 10.3. The van der Waals surface area contributed by atoms with Gasteiger partial charge in [-0.1, -0.05) is 18.2 Å². The molecule has 1 rings (SSSR count). The van der Waals surface area contributed by atoms with Crippen LogP contribution in [0.4, 0.5) is 0 Å². The van der Waals surface area contributed by atoms with Gasteiger partial charge in [-0.3, -0.25) is 0 Å². The lowest BCUT2D eigenvalue weighted by molar-refractivity contribution is -0.0832. The molecular weight excluding hydrogens is 206 g/mol. The summed E-state index contributed by atoms with van der Waals surface area (Å²) in [5.41, 5.74) is 0. The van der Waals surface area contributed by atoms with Crippen LogP contribution in [0.5, 0.6) is 5.75 Å². The zero-order chi connectivity index (χ0) is 8.10. The molecule has 0 radical (unpaired) electrons. The first-order valence-corrected chi connectivity index (χ1v) is 5.87. The van der Waals surface area contributed by atoms with Crippen LogP contribution in [0.1, 0.15) is 0 Å². The van der Waals surface area contributed by atoms with Gasteiger partial charge in [-0.05, 0) is 34.6 Å². The molecule has 0 aromatic heterocycles. The van der Waals surface area contributed by atoms with Crippen LogP contribution in [0, 0.1) is 0 Å². The van der Waals surface area contributed by atoms with Crippen LogP contribution in [0.15, 0.2) is 30.3 Å². The summed E-state index contributed by atoms with van der Waals surface area (Å²) in [4.78, 5) is 4.73. The Kier molecular flexibility index (Phi) is 3.95. The highest BCUT2D eigenvalue weighted by Crippen LogP contribution is 2.47. The van der Waals surface area contributed by atoms with Gasteiger partial charge in [-0.15, -0.1) is 4.67 Å². The third kappa shape index (κ3) is 3.78. The third-order valence-electron chi connectivity index (χ3n) is 0.933. The van der Waals surface area contributed by atoms with E-state index >= 15 is 0 Å². The molecule has 60 valence electrons. The van der Waals surface area contributed by atoms with E-state index in [1.807, 2.05) is 18.2 Å². The van der Waals surface area contributed by atoms with Gasteiger partial charge in [0.15, 0.2) is 5.75 Å². The maximum absolute atomic E-state index is 5.31. The summed E-state index contributed by atoms with van der Waals surface area (Å²) in [6.07, 6.45) is 0. The first kappa shape index (κ1) is 9.08. The van der Waals surface area contributed by atoms with Crippen LogP contribution in [-0.4, -0.2) is 0 Å². The second-order valence-corrected chi connectivity index (χ2v) is 4.59. The average Bonchev–Trinajstić information content (AvgIpc) is 2.03. The molecule has 0 N–H and O–H groups in total. The maximum Gasteiger partial charge on any atom is 0.276 e. The van der Waals surface area contributed by atoms with Gasteiger partial charge in [0.1, 0.15) is 0 Å². The number of para-hydroxylation sites is 1. The fraction of sp³-hybridized carbons (Fsp3) is 0. The highest BCUT2D eigenvalue weighted by atomic mass is 35.9. The Hall–Kier alpha value is -0.0100. The van der Waals surface area contributed by atoms with Crippen molar-refractivity contribution in [1.29, 1.82) is 0 Å². The highest BCUT2D eigenvalue weighted by molar-refractivity contribution is 8.00. The predicted octanol–water partition coefficient (Wildman–Crippen LogP) is 3.70. The summed E-state index contributed by atoms with van der Waals surface area (Å²) in [5.74, 6) is 0.585. The molecule has 0 saturated heterocycles. The van der Waals surface area contributed by atoms with Crippen molar-refractivity contribution in [2.45, 2.75) is 0 Å². The molecule has 0 saturated carbocycles. The molecular formula is C6H5Cl2O2P. The quantitative estimate of drug-likeness (QED) is 0.431. The Labute approximate surface area is 75.4 Å². The van der Waals surface area contributed by atoms with E-state index in [1.165, 1.54) is 0 Å². The Balaban J connectivity index is 2.39. The van der Waals surface area contributed by atoms with E-state index in [9.17, 15) is 0 Å². The molecule has 11 heavy (non-hydrogen) atoms. The number of hydrogen-bond donors (Lipinski definition) is 0. The predicted molar refractivity (Wildman–Crippen MR) is 46.8 cm³/mol. The van der Waals surface area contributed by atoms with Crippen LogP contribution in [-0.2, 0) is 4.67 Å². The van der Waals surface area contributed by atoms with Crippen LogP contribution < -0.4 is 4.89 Å². The largest absolute Gasteiger partial charge is 0.332 e. The molecule has 0 aliphatic rings. The monoisotopic (exact) mass is 210 g/mol. The van der Waals surface area contributed by atoms with Crippen LogP contribution in [0.2, 0.25) is 0 Å². The third-order valence-corrected chi connectivity index (χ3v) is 1.46. The van der Waals surface area contributed by atoms with Crippen LogP contribution >= 0.6 is 29.3 Å². The average molecular weight is 211 g/mol. The molecule has 0 aliphatic carbocycles. The zero-order valence-corrected chi connectivity index (χ0v) is 7.81. The van der Waals surface area contributed by atoms with E-state index in [-0.39, 0.29) is 0 Å². The summed E-state index contributed by atoms with van der Waals surface area (Å²) in [5, 5.41) is 0. The fourth-order valence-corrected chi connectivity index (χ4v) is 0.859. The Morgan fingerprint density at radius 3 is 2.27 bits per heavy atom. The van der Waals surface area contributed by atoms with Crippen LogP contribution in [0.25, 0.3) is 0 Å². The van der Waals surface area contributed by atoms with Crippen molar-refractivity contribution >= 4 is 29.3 Å². The van der Waals surface area contributed by atoms with Crippen molar-refractivity contribution in [2.75, 3.05) is 0 Å². The van der Waals surface area contributed by atoms with Crippen molar-refractivity contribution in [3.05, 3.63) is 30.3 Å². The molecule has 0 spiro atoms. The summed E-state index contributed by atoms with van der Waals surface area (Å²) in [6.45, 7) is -1.50. The van der Waals surface area contributed by atoms with Crippen molar-refractivity contribution in [3.8, 4) is 5.75 Å². The first-order chi connectivity index (χ1) is 5.29. The summed E-state index contributed by atoms with van der Waals surface area (Å²) < 4.78 is 4.52. The van der Waals surface area contributed by atoms with Gasteiger partial charge in [-0.25, -0.2) is 0 Å². The van der Waals surface area contributed by atoms with E-state index in [0.29, 0.717) is 5.75 Å². The van der Waals surface area contributed by atoms with E-state index in [4.69, 9.17) is 27.4 Å². The Morgan fingerprint density at radius 2 is 1.73 bits per heavy atom. The maximum atomic E-state index is 5.31. The molecule has 1 aromatic carbocycles. The lowest BCUT2D eigenvalue weighted by Gasteiger charge is -2.02. The fourth-order valence-electron chi connectivity index (χ4n) is 0.547. The molecule has 0 amide bonds. The number of hydrogen-bond acceptors (Lipinski definition) is 2. The molecule has 0 fully saturated rings. The molecule has 0 atom stereocenters. The Bertz CT molecular complexity index is 205. The molecule has 0 heterocycles. The standard InChI is InChI=1S/C6H5Cl2O2P/c7-11(8)10-9-6-4-2-1-3-5-6/h1-5H. The minimum atomic E-state index is -1.50. The van der Waals surface area contributed by atoms with Crippen LogP contribution in [0.3, 0.4) is 0 Å².